The molecule has 6 heteroatoms. The third-order valence-corrected chi connectivity index (χ3v) is 2.92. The van der Waals surface area contributed by atoms with Gasteiger partial charge in [0.1, 0.15) is 12.4 Å². The number of carbonyl (C=O) groups excluding carboxylic acids is 1. The van der Waals surface area contributed by atoms with E-state index in [0.29, 0.717) is 5.75 Å². The number of para-hydroxylation sites is 1. The summed E-state index contributed by atoms with van der Waals surface area (Å²) in [4.78, 5) is 24.2. The molecule has 1 aromatic rings. The summed E-state index contributed by atoms with van der Waals surface area (Å²) in [6.45, 7) is 3.43. The predicted octanol–water partition coefficient (Wildman–Crippen LogP) is 1.53. The molecule has 20 heavy (non-hydrogen) atoms. The van der Waals surface area contributed by atoms with Crippen molar-refractivity contribution in [3.05, 3.63) is 43.0 Å². The number of amides is 1. The van der Waals surface area contributed by atoms with Gasteiger partial charge in [0.15, 0.2) is 0 Å². The zero-order valence-corrected chi connectivity index (χ0v) is 10.8. The van der Waals surface area contributed by atoms with Gasteiger partial charge >= 0.3 is 12.1 Å². The molecule has 1 fully saturated rings. The molecule has 0 unspecified atom stereocenters. The Balaban J connectivity index is 1.99. The summed E-state index contributed by atoms with van der Waals surface area (Å²) in [7, 11) is 0. The van der Waals surface area contributed by atoms with Gasteiger partial charge in [-0.2, -0.15) is 0 Å². The zero-order valence-electron chi connectivity index (χ0n) is 10.8. The molecule has 0 saturated carbocycles. The highest BCUT2D eigenvalue weighted by Gasteiger charge is 2.54. The number of carboxylic acid groups (broad SMARTS) is 1. The van der Waals surface area contributed by atoms with Crippen LogP contribution in [0.3, 0.4) is 0 Å². The van der Waals surface area contributed by atoms with Crippen molar-refractivity contribution in [1.82, 2.24) is 4.90 Å². The van der Waals surface area contributed by atoms with Crippen molar-refractivity contribution < 1.29 is 24.2 Å². The average Bonchev–Trinajstić information content (AvgIpc) is 2.40. The van der Waals surface area contributed by atoms with Crippen molar-refractivity contribution >= 4 is 12.1 Å². The lowest BCUT2D eigenvalue weighted by molar-refractivity contribution is -0.169. The first-order valence-electron chi connectivity index (χ1n) is 6.07. The summed E-state index contributed by atoms with van der Waals surface area (Å²) in [6, 6.07) is 8.64. The van der Waals surface area contributed by atoms with Crippen molar-refractivity contribution in [2.45, 2.75) is 5.60 Å². The summed E-state index contributed by atoms with van der Waals surface area (Å²) in [5.74, 6) is -0.650. The summed E-state index contributed by atoms with van der Waals surface area (Å²) >= 11 is 0. The van der Waals surface area contributed by atoms with E-state index in [2.05, 4.69) is 6.58 Å². The Morgan fingerprint density at radius 2 is 2.00 bits per heavy atom. The molecule has 1 aliphatic heterocycles. The minimum absolute atomic E-state index is 0.0484. The van der Waals surface area contributed by atoms with Gasteiger partial charge in [0.2, 0.25) is 5.60 Å². The van der Waals surface area contributed by atoms with Crippen molar-refractivity contribution in [1.29, 1.82) is 0 Å². The van der Waals surface area contributed by atoms with E-state index in [0.717, 1.165) is 0 Å². The standard InChI is InChI=1S/C14H15NO5/c1-2-8-19-13(18)15-9-14(10-15,12(16)17)20-11-6-4-3-5-7-11/h2-7H,1,8-10H2,(H,16,17). The van der Waals surface area contributed by atoms with Gasteiger partial charge in [0.05, 0.1) is 13.1 Å². The fourth-order valence-corrected chi connectivity index (χ4v) is 1.88. The highest BCUT2D eigenvalue weighted by atomic mass is 16.6. The molecule has 1 amide bonds. The van der Waals surface area contributed by atoms with Crippen molar-refractivity contribution in [3.8, 4) is 5.75 Å². The molecule has 0 spiro atoms. The summed E-state index contributed by atoms with van der Waals surface area (Å²) in [5.41, 5.74) is -1.41. The number of hydrogen-bond donors (Lipinski definition) is 1. The van der Waals surface area contributed by atoms with Crippen LogP contribution in [-0.4, -0.2) is 47.4 Å². The van der Waals surface area contributed by atoms with Crippen LogP contribution in [0.5, 0.6) is 5.75 Å². The minimum Gasteiger partial charge on any atom is -0.478 e. The third-order valence-electron chi connectivity index (χ3n) is 2.92. The first-order chi connectivity index (χ1) is 9.57. The van der Waals surface area contributed by atoms with Crippen molar-refractivity contribution in [3.63, 3.8) is 0 Å². The first kappa shape index (κ1) is 13.9. The van der Waals surface area contributed by atoms with Crippen LogP contribution < -0.4 is 4.74 Å². The van der Waals surface area contributed by atoms with Crippen LogP contribution >= 0.6 is 0 Å². The number of ether oxygens (including phenoxy) is 2. The second kappa shape index (κ2) is 5.64. The molecule has 0 atom stereocenters. The van der Waals surface area contributed by atoms with Gasteiger partial charge in [-0.15, -0.1) is 0 Å². The van der Waals surface area contributed by atoms with E-state index in [9.17, 15) is 14.7 Å². The molecule has 0 aliphatic carbocycles. The maximum Gasteiger partial charge on any atom is 0.410 e. The largest absolute Gasteiger partial charge is 0.478 e. The maximum absolute atomic E-state index is 11.6. The van der Waals surface area contributed by atoms with Gasteiger partial charge in [-0.05, 0) is 12.1 Å². The Morgan fingerprint density at radius 1 is 1.35 bits per heavy atom. The number of aliphatic carboxylic acids is 1. The molecular formula is C14H15NO5. The van der Waals surface area contributed by atoms with Gasteiger partial charge in [0.25, 0.3) is 0 Å². The van der Waals surface area contributed by atoms with Crippen LogP contribution in [0.15, 0.2) is 43.0 Å². The van der Waals surface area contributed by atoms with Crippen molar-refractivity contribution in [2.24, 2.45) is 0 Å². The number of carbonyl (C=O) groups is 2. The number of likely N-dealkylation sites (tertiary alicyclic amines) is 1. The molecule has 1 heterocycles. The molecule has 2 rings (SSSR count). The number of benzene rings is 1. The lowest BCUT2D eigenvalue weighted by atomic mass is 9.94. The molecule has 1 aliphatic rings. The third kappa shape index (κ3) is 2.74. The lowest BCUT2D eigenvalue weighted by Crippen LogP contribution is -2.70. The van der Waals surface area contributed by atoms with Gasteiger partial charge in [0, 0.05) is 0 Å². The summed E-state index contributed by atoms with van der Waals surface area (Å²) < 4.78 is 10.4. The van der Waals surface area contributed by atoms with Crippen LogP contribution in [0.1, 0.15) is 0 Å². The Morgan fingerprint density at radius 3 is 2.55 bits per heavy atom. The molecule has 0 radical (unpaired) electrons. The van der Waals surface area contributed by atoms with Crippen LogP contribution in [0.4, 0.5) is 4.79 Å². The number of hydrogen-bond acceptors (Lipinski definition) is 4. The van der Waals surface area contributed by atoms with Gasteiger partial charge in [-0.1, -0.05) is 30.9 Å². The number of rotatable bonds is 5. The topological polar surface area (TPSA) is 76.1 Å². The van der Waals surface area contributed by atoms with Gasteiger partial charge in [-0.25, -0.2) is 9.59 Å². The summed E-state index contributed by atoms with van der Waals surface area (Å²) in [6.07, 6.45) is 0.876. The maximum atomic E-state index is 11.6. The normalized spacial score (nSPS) is 15.9. The van der Waals surface area contributed by atoms with E-state index in [1.807, 2.05) is 0 Å². The van der Waals surface area contributed by atoms with E-state index in [-0.39, 0.29) is 19.7 Å². The fourth-order valence-electron chi connectivity index (χ4n) is 1.88. The molecule has 0 aromatic heterocycles. The molecule has 1 aromatic carbocycles. The predicted molar refractivity (Wildman–Crippen MR) is 70.6 cm³/mol. The highest BCUT2D eigenvalue weighted by Crippen LogP contribution is 2.28. The summed E-state index contributed by atoms with van der Waals surface area (Å²) in [5, 5.41) is 9.30. The van der Waals surface area contributed by atoms with E-state index in [1.165, 1.54) is 11.0 Å². The van der Waals surface area contributed by atoms with E-state index in [4.69, 9.17) is 9.47 Å². The highest BCUT2D eigenvalue weighted by molar-refractivity contribution is 5.83. The molecule has 1 saturated heterocycles. The molecular weight excluding hydrogens is 262 g/mol. The van der Waals surface area contributed by atoms with E-state index >= 15 is 0 Å². The van der Waals surface area contributed by atoms with Crippen LogP contribution in [-0.2, 0) is 9.53 Å². The van der Waals surface area contributed by atoms with E-state index < -0.39 is 17.7 Å². The van der Waals surface area contributed by atoms with Gasteiger partial charge in [-0.3, -0.25) is 4.90 Å². The first-order valence-corrected chi connectivity index (χ1v) is 6.07. The van der Waals surface area contributed by atoms with Crippen LogP contribution in [0.2, 0.25) is 0 Å². The Bertz CT molecular complexity index is 508. The average molecular weight is 277 g/mol. The Kier molecular flexibility index (Phi) is 3.93. The van der Waals surface area contributed by atoms with Gasteiger partial charge < -0.3 is 14.6 Å². The quantitative estimate of drug-likeness (QED) is 0.826. The molecule has 106 valence electrons. The monoisotopic (exact) mass is 277 g/mol. The van der Waals surface area contributed by atoms with Crippen LogP contribution in [0, 0.1) is 0 Å². The second-order valence-corrected chi connectivity index (χ2v) is 4.44. The lowest BCUT2D eigenvalue weighted by Gasteiger charge is -2.45. The number of nitrogens with zero attached hydrogens (tertiary/aromatic N) is 1. The molecule has 1 N–H and O–H groups in total. The second-order valence-electron chi connectivity index (χ2n) is 4.44. The Labute approximate surface area is 116 Å². The van der Waals surface area contributed by atoms with Crippen LogP contribution in [0.25, 0.3) is 0 Å². The smallest absolute Gasteiger partial charge is 0.410 e. The zero-order chi connectivity index (χ0) is 14.6. The SMILES string of the molecule is C=CCOC(=O)N1CC(Oc2ccccc2)(C(=O)O)C1. The minimum atomic E-state index is -1.41. The molecule has 0 bridgehead atoms. The fraction of sp³-hybridized carbons (Fsp3) is 0.286. The number of carboxylic acids is 1. The Hall–Kier alpha value is -2.50. The van der Waals surface area contributed by atoms with E-state index in [1.54, 1.807) is 30.3 Å². The molecule has 6 nitrogen and oxygen atoms in total. The van der Waals surface area contributed by atoms with Crippen molar-refractivity contribution in [2.75, 3.05) is 19.7 Å².